The van der Waals surface area contributed by atoms with Gasteiger partial charge in [0.2, 0.25) is 5.92 Å². The van der Waals surface area contributed by atoms with Crippen molar-refractivity contribution in [3.05, 3.63) is 17.0 Å². The molecule has 3 aliphatic rings. The molecule has 1 amide bonds. The number of carbonyl (C=O) groups excluding carboxylic acids is 2. The number of aromatic nitrogens is 2. The van der Waals surface area contributed by atoms with Crippen LogP contribution in [0, 0.1) is 11.3 Å². The summed E-state index contributed by atoms with van der Waals surface area (Å²) in [5.41, 5.74) is 2.37. The highest BCUT2D eigenvalue weighted by Gasteiger charge is 2.49. The third kappa shape index (κ3) is 4.22. The molecule has 0 unspecified atom stereocenters. The van der Waals surface area contributed by atoms with Crippen molar-refractivity contribution in [2.24, 2.45) is 11.3 Å². The Hall–Kier alpha value is -2.03. The lowest BCUT2D eigenvalue weighted by molar-refractivity contribution is -0.171. The van der Waals surface area contributed by atoms with E-state index in [1.54, 1.807) is 0 Å². The number of esters is 1. The zero-order valence-electron chi connectivity index (χ0n) is 17.3. The maximum atomic E-state index is 12.9. The number of ether oxygens (including phenoxy) is 2. The molecule has 166 valence electrons. The van der Waals surface area contributed by atoms with Crippen molar-refractivity contribution in [3.8, 4) is 0 Å². The maximum absolute atomic E-state index is 12.9. The van der Waals surface area contributed by atoms with Gasteiger partial charge in [0.15, 0.2) is 0 Å². The van der Waals surface area contributed by atoms with Crippen LogP contribution in [0.2, 0.25) is 0 Å². The smallest absolute Gasteiger partial charge is 0.309 e. The van der Waals surface area contributed by atoms with Crippen LogP contribution in [0.4, 0.5) is 8.78 Å². The molecular formula is C21H29F2N3O4. The van der Waals surface area contributed by atoms with Gasteiger partial charge in [0.05, 0.1) is 29.5 Å². The molecule has 1 aliphatic carbocycles. The van der Waals surface area contributed by atoms with E-state index in [0.717, 1.165) is 30.7 Å². The second-order valence-electron chi connectivity index (χ2n) is 8.80. The van der Waals surface area contributed by atoms with Crippen molar-refractivity contribution in [3.63, 3.8) is 0 Å². The van der Waals surface area contributed by atoms with Gasteiger partial charge < -0.3 is 14.8 Å². The molecule has 0 radical (unpaired) electrons. The number of halogens is 2. The third-order valence-electron chi connectivity index (χ3n) is 6.59. The predicted molar refractivity (Wildman–Crippen MR) is 103 cm³/mol. The first-order valence-corrected chi connectivity index (χ1v) is 10.8. The Bertz CT molecular complexity index is 809. The first kappa shape index (κ1) is 21.2. The minimum absolute atomic E-state index is 0.0239. The Kier molecular flexibility index (Phi) is 5.83. The second kappa shape index (κ2) is 8.24. The Labute approximate surface area is 174 Å². The van der Waals surface area contributed by atoms with E-state index in [1.807, 2.05) is 11.6 Å². The fourth-order valence-electron chi connectivity index (χ4n) is 4.69. The standard InChI is InChI=1S/C21H29F2N3O4/c1-2-15-17-16(12-20(13-24-18(17)27)4-8-29-9-5-20)26(25-15)6-3-7-30-19(28)14-10-21(22,23)11-14/h14H,2-13H2,1H3,(H,24,27). The molecule has 1 saturated carbocycles. The van der Waals surface area contributed by atoms with Crippen LogP contribution < -0.4 is 5.32 Å². The third-order valence-corrected chi connectivity index (χ3v) is 6.59. The first-order valence-electron chi connectivity index (χ1n) is 10.8. The summed E-state index contributed by atoms with van der Waals surface area (Å²) in [5, 5.41) is 7.75. The minimum atomic E-state index is -2.73. The summed E-state index contributed by atoms with van der Waals surface area (Å²) in [5.74, 6) is -4.04. The summed E-state index contributed by atoms with van der Waals surface area (Å²) in [4.78, 5) is 24.6. The van der Waals surface area contributed by atoms with Crippen LogP contribution in [0.25, 0.3) is 0 Å². The van der Waals surface area contributed by atoms with Gasteiger partial charge in [-0.2, -0.15) is 5.10 Å². The molecular weight excluding hydrogens is 396 g/mol. The monoisotopic (exact) mass is 425 g/mol. The summed E-state index contributed by atoms with van der Waals surface area (Å²) >= 11 is 0. The van der Waals surface area contributed by atoms with E-state index in [4.69, 9.17) is 9.47 Å². The summed E-state index contributed by atoms with van der Waals surface area (Å²) in [6, 6.07) is 0. The number of hydrogen-bond donors (Lipinski definition) is 1. The fraction of sp³-hybridized carbons (Fsp3) is 0.762. The highest BCUT2D eigenvalue weighted by Crippen LogP contribution is 2.43. The number of alkyl halides is 2. The van der Waals surface area contributed by atoms with Crippen LogP contribution in [-0.4, -0.2) is 53.9 Å². The van der Waals surface area contributed by atoms with Crippen LogP contribution in [0.5, 0.6) is 0 Å². The Morgan fingerprint density at radius 2 is 2.07 bits per heavy atom. The van der Waals surface area contributed by atoms with Crippen molar-refractivity contribution in [2.45, 2.75) is 64.3 Å². The summed E-state index contributed by atoms with van der Waals surface area (Å²) in [6.07, 6.45) is 2.88. The zero-order valence-corrected chi connectivity index (χ0v) is 17.3. The van der Waals surface area contributed by atoms with Gasteiger partial charge in [-0.1, -0.05) is 6.92 Å². The summed E-state index contributed by atoms with van der Waals surface area (Å²) < 4.78 is 38.4. The molecule has 1 aromatic rings. The van der Waals surface area contributed by atoms with E-state index in [-0.39, 0.29) is 17.9 Å². The van der Waals surface area contributed by atoms with Crippen LogP contribution in [0.15, 0.2) is 0 Å². The quantitative estimate of drug-likeness (QED) is 0.559. The molecule has 2 fully saturated rings. The predicted octanol–water partition coefficient (Wildman–Crippen LogP) is 2.51. The van der Waals surface area contributed by atoms with Crippen molar-refractivity contribution in [1.82, 2.24) is 15.1 Å². The average Bonchev–Trinajstić information content (AvgIpc) is 2.98. The molecule has 9 heteroatoms. The topological polar surface area (TPSA) is 82.5 Å². The lowest BCUT2D eigenvalue weighted by Crippen LogP contribution is -2.41. The van der Waals surface area contributed by atoms with Gasteiger partial charge in [0, 0.05) is 45.6 Å². The molecule has 2 aliphatic heterocycles. The molecule has 4 rings (SSSR count). The molecule has 3 heterocycles. The molecule has 30 heavy (non-hydrogen) atoms. The SMILES string of the molecule is CCc1nn(CCCOC(=O)C2CC(F)(F)C2)c2c1C(=O)NCC1(CCOCC1)C2. The minimum Gasteiger partial charge on any atom is -0.465 e. The van der Waals surface area contributed by atoms with E-state index in [2.05, 4.69) is 10.4 Å². The van der Waals surface area contributed by atoms with E-state index >= 15 is 0 Å². The van der Waals surface area contributed by atoms with Crippen molar-refractivity contribution < 1.29 is 27.8 Å². The van der Waals surface area contributed by atoms with Crippen LogP contribution in [-0.2, 0) is 33.7 Å². The van der Waals surface area contributed by atoms with Crippen LogP contribution in [0.3, 0.4) is 0 Å². The van der Waals surface area contributed by atoms with Crippen molar-refractivity contribution in [2.75, 3.05) is 26.4 Å². The lowest BCUT2D eigenvalue weighted by Gasteiger charge is -2.36. The van der Waals surface area contributed by atoms with Gasteiger partial charge >= 0.3 is 5.97 Å². The number of carbonyl (C=O) groups is 2. The highest BCUT2D eigenvalue weighted by atomic mass is 19.3. The number of nitrogens with zero attached hydrogens (tertiary/aromatic N) is 2. The molecule has 1 N–H and O–H groups in total. The van der Waals surface area contributed by atoms with Crippen molar-refractivity contribution in [1.29, 1.82) is 0 Å². The van der Waals surface area contributed by atoms with E-state index in [0.29, 0.717) is 44.7 Å². The molecule has 0 aromatic carbocycles. The molecule has 1 spiro atoms. The molecule has 7 nitrogen and oxygen atoms in total. The average molecular weight is 425 g/mol. The van der Waals surface area contributed by atoms with E-state index in [1.165, 1.54) is 0 Å². The van der Waals surface area contributed by atoms with Gasteiger partial charge in [-0.3, -0.25) is 14.3 Å². The Morgan fingerprint density at radius 1 is 1.33 bits per heavy atom. The lowest BCUT2D eigenvalue weighted by atomic mass is 9.76. The normalized spacial score (nSPS) is 22.7. The van der Waals surface area contributed by atoms with Crippen LogP contribution >= 0.6 is 0 Å². The van der Waals surface area contributed by atoms with Crippen LogP contribution in [0.1, 0.15) is 60.8 Å². The van der Waals surface area contributed by atoms with E-state index < -0.39 is 30.7 Å². The molecule has 1 saturated heterocycles. The number of fused-ring (bicyclic) bond motifs is 1. The van der Waals surface area contributed by atoms with Gasteiger partial charge in [-0.15, -0.1) is 0 Å². The number of hydrogen-bond acceptors (Lipinski definition) is 5. The van der Waals surface area contributed by atoms with E-state index in [9.17, 15) is 18.4 Å². The maximum Gasteiger partial charge on any atom is 0.309 e. The zero-order chi connectivity index (χ0) is 21.4. The van der Waals surface area contributed by atoms with Gasteiger partial charge in [-0.05, 0) is 31.1 Å². The molecule has 0 atom stereocenters. The van der Waals surface area contributed by atoms with Gasteiger partial charge in [-0.25, -0.2) is 8.78 Å². The number of aryl methyl sites for hydroxylation is 2. The van der Waals surface area contributed by atoms with Gasteiger partial charge in [0.25, 0.3) is 5.91 Å². The fourth-order valence-corrected chi connectivity index (χ4v) is 4.69. The highest BCUT2D eigenvalue weighted by molar-refractivity contribution is 5.97. The summed E-state index contributed by atoms with van der Waals surface area (Å²) in [7, 11) is 0. The molecule has 1 aromatic heterocycles. The number of rotatable bonds is 6. The Morgan fingerprint density at radius 3 is 2.73 bits per heavy atom. The number of nitrogens with one attached hydrogen (secondary N) is 1. The van der Waals surface area contributed by atoms with Gasteiger partial charge in [0.1, 0.15) is 0 Å². The second-order valence-corrected chi connectivity index (χ2v) is 8.80. The van der Waals surface area contributed by atoms with Crippen molar-refractivity contribution >= 4 is 11.9 Å². The largest absolute Gasteiger partial charge is 0.465 e. The first-order chi connectivity index (χ1) is 14.3. The Balaban J connectivity index is 1.41. The number of amides is 1. The summed E-state index contributed by atoms with van der Waals surface area (Å²) in [6.45, 7) is 4.66. The molecule has 0 bridgehead atoms.